The Morgan fingerprint density at radius 3 is 2.73 bits per heavy atom. The molecule has 1 saturated carbocycles. The highest BCUT2D eigenvalue weighted by Gasteiger charge is 2.34. The Bertz CT molecular complexity index is 1010. The van der Waals surface area contributed by atoms with Crippen LogP contribution in [0.4, 0.5) is 23.4 Å². The molecular weight excluding hydrogens is 408 g/mol. The molecule has 11 heteroatoms. The maximum atomic E-state index is 14.0. The molecule has 0 aromatic carbocycles. The van der Waals surface area contributed by atoms with Gasteiger partial charge in [-0.1, -0.05) is 0 Å². The van der Waals surface area contributed by atoms with Crippen LogP contribution in [-0.4, -0.2) is 39.5 Å². The van der Waals surface area contributed by atoms with Gasteiger partial charge in [-0.2, -0.15) is 13.2 Å². The highest BCUT2D eigenvalue weighted by Crippen LogP contribution is 2.33. The van der Waals surface area contributed by atoms with Crippen molar-refractivity contribution in [3.63, 3.8) is 0 Å². The maximum Gasteiger partial charge on any atom is 0.422 e. The largest absolute Gasteiger partial charge is 0.466 e. The monoisotopic (exact) mass is 424 g/mol. The standard InChI is InChI=1S/C19H16F4N4O3/c20-14-5-10(6-25-17(14)30-9-19(21,22)23)7-27-8-13-12(18(27)29)3-4-24-15(13)26-16(28)11-1-2-11/h3-6,11H,1-2,7-9H2,(H,24,26,28). The van der Waals surface area contributed by atoms with Crippen molar-refractivity contribution in [1.29, 1.82) is 0 Å². The van der Waals surface area contributed by atoms with Gasteiger partial charge in [0.05, 0.1) is 6.54 Å². The first-order valence-electron chi connectivity index (χ1n) is 9.13. The molecule has 0 radical (unpaired) electrons. The van der Waals surface area contributed by atoms with Crippen LogP contribution in [0, 0.1) is 11.7 Å². The van der Waals surface area contributed by atoms with Crippen molar-refractivity contribution >= 4 is 17.6 Å². The van der Waals surface area contributed by atoms with Crippen molar-refractivity contribution in [1.82, 2.24) is 14.9 Å². The van der Waals surface area contributed by atoms with Crippen LogP contribution in [0.25, 0.3) is 0 Å². The first kappa shape index (κ1) is 20.0. The Labute approximate surface area is 168 Å². The third-order valence-electron chi connectivity index (χ3n) is 4.72. The van der Waals surface area contributed by atoms with E-state index in [1.54, 1.807) is 0 Å². The Morgan fingerprint density at radius 2 is 2.07 bits per heavy atom. The molecule has 0 spiro atoms. The fourth-order valence-electron chi connectivity index (χ4n) is 3.11. The second-order valence-electron chi connectivity index (χ2n) is 7.14. The zero-order valence-electron chi connectivity index (χ0n) is 15.5. The summed E-state index contributed by atoms with van der Waals surface area (Å²) in [4.78, 5) is 33.8. The Hall–Kier alpha value is -3.24. The lowest BCUT2D eigenvalue weighted by atomic mass is 10.1. The van der Waals surface area contributed by atoms with E-state index in [1.165, 1.54) is 17.2 Å². The Balaban J connectivity index is 1.46. The van der Waals surface area contributed by atoms with Gasteiger partial charge in [-0.05, 0) is 30.5 Å². The summed E-state index contributed by atoms with van der Waals surface area (Å²) in [6.07, 6.45) is -0.378. The fraction of sp³-hybridized carbons (Fsp3) is 0.368. The highest BCUT2D eigenvalue weighted by molar-refractivity contribution is 6.01. The van der Waals surface area contributed by atoms with Gasteiger partial charge in [-0.15, -0.1) is 0 Å². The molecule has 4 rings (SSSR count). The van der Waals surface area contributed by atoms with Gasteiger partial charge in [-0.3, -0.25) is 9.59 Å². The molecule has 0 saturated heterocycles. The van der Waals surface area contributed by atoms with E-state index in [0.717, 1.165) is 25.1 Å². The topological polar surface area (TPSA) is 84.4 Å². The van der Waals surface area contributed by atoms with Gasteiger partial charge >= 0.3 is 6.18 Å². The quantitative estimate of drug-likeness (QED) is 0.721. The summed E-state index contributed by atoms with van der Waals surface area (Å²) in [5.74, 6) is -1.99. The molecule has 7 nitrogen and oxygen atoms in total. The highest BCUT2D eigenvalue weighted by atomic mass is 19.4. The lowest BCUT2D eigenvalue weighted by Crippen LogP contribution is -2.23. The summed E-state index contributed by atoms with van der Waals surface area (Å²) in [5.41, 5.74) is 1.23. The molecule has 30 heavy (non-hydrogen) atoms. The van der Waals surface area contributed by atoms with Crippen molar-refractivity contribution in [3.05, 3.63) is 47.0 Å². The van der Waals surface area contributed by atoms with Crippen LogP contribution in [0.15, 0.2) is 24.5 Å². The van der Waals surface area contributed by atoms with Gasteiger partial charge in [0.2, 0.25) is 5.91 Å². The zero-order valence-corrected chi connectivity index (χ0v) is 15.5. The average molecular weight is 424 g/mol. The van der Waals surface area contributed by atoms with Crippen LogP contribution < -0.4 is 10.1 Å². The number of anilines is 1. The second-order valence-corrected chi connectivity index (χ2v) is 7.14. The SMILES string of the molecule is O=C(Nc1nccc2c1CN(Cc1cnc(OCC(F)(F)F)c(F)c1)C2=O)C1CC1. The minimum atomic E-state index is -4.61. The zero-order chi connectivity index (χ0) is 21.5. The van der Waals surface area contributed by atoms with Gasteiger partial charge in [0.15, 0.2) is 12.4 Å². The number of hydrogen-bond donors (Lipinski definition) is 1. The Kier molecular flexibility index (Phi) is 5.04. The van der Waals surface area contributed by atoms with Gasteiger partial charge in [0.1, 0.15) is 5.82 Å². The van der Waals surface area contributed by atoms with Crippen LogP contribution in [0.2, 0.25) is 0 Å². The third kappa shape index (κ3) is 4.34. The predicted molar refractivity (Wildman–Crippen MR) is 94.9 cm³/mol. The van der Waals surface area contributed by atoms with Crippen LogP contribution in [-0.2, 0) is 17.9 Å². The Morgan fingerprint density at radius 1 is 1.30 bits per heavy atom. The molecule has 2 aromatic heterocycles. The number of halogens is 4. The first-order valence-corrected chi connectivity index (χ1v) is 9.13. The third-order valence-corrected chi connectivity index (χ3v) is 4.72. The number of nitrogens with one attached hydrogen (secondary N) is 1. The van der Waals surface area contributed by atoms with Gasteiger partial charge in [-0.25, -0.2) is 14.4 Å². The number of amides is 2. The molecule has 158 valence electrons. The lowest BCUT2D eigenvalue weighted by Gasteiger charge is -2.16. The summed E-state index contributed by atoms with van der Waals surface area (Å²) < 4.78 is 55.0. The van der Waals surface area contributed by atoms with Crippen LogP contribution in [0.3, 0.4) is 0 Å². The van der Waals surface area contributed by atoms with Crippen molar-refractivity contribution in [2.75, 3.05) is 11.9 Å². The van der Waals surface area contributed by atoms with E-state index in [4.69, 9.17) is 0 Å². The van der Waals surface area contributed by atoms with E-state index in [1.807, 2.05) is 0 Å². The van der Waals surface area contributed by atoms with Crippen LogP contribution in [0.5, 0.6) is 5.88 Å². The lowest BCUT2D eigenvalue weighted by molar-refractivity contribution is -0.154. The number of hydrogen-bond acceptors (Lipinski definition) is 5. The van der Waals surface area contributed by atoms with Crippen molar-refractivity contribution in [2.24, 2.45) is 5.92 Å². The van der Waals surface area contributed by atoms with E-state index in [0.29, 0.717) is 16.9 Å². The summed E-state index contributed by atoms with van der Waals surface area (Å²) in [7, 11) is 0. The number of ether oxygens (including phenoxy) is 1. The molecule has 1 aliphatic heterocycles. The average Bonchev–Trinajstić information content (AvgIpc) is 3.47. The molecule has 1 aliphatic carbocycles. The normalized spacial score (nSPS) is 15.9. The van der Waals surface area contributed by atoms with E-state index < -0.39 is 24.5 Å². The smallest absolute Gasteiger partial charge is 0.422 e. The maximum absolute atomic E-state index is 14.0. The van der Waals surface area contributed by atoms with Gasteiger partial charge in [0.25, 0.3) is 11.8 Å². The van der Waals surface area contributed by atoms with Crippen LogP contribution in [0.1, 0.15) is 34.3 Å². The number of carbonyl (C=O) groups excluding carboxylic acids is 2. The number of fused-ring (bicyclic) bond motifs is 1. The predicted octanol–water partition coefficient (Wildman–Crippen LogP) is 3.06. The molecule has 2 amide bonds. The number of carbonyl (C=O) groups is 2. The molecule has 0 unspecified atom stereocenters. The summed E-state index contributed by atoms with van der Waals surface area (Å²) in [5, 5.41) is 2.74. The number of aromatic nitrogens is 2. The van der Waals surface area contributed by atoms with E-state index in [9.17, 15) is 27.2 Å². The molecule has 1 fully saturated rings. The number of nitrogens with zero attached hydrogens (tertiary/aromatic N) is 3. The van der Waals surface area contributed by atoms with Crippen LogP contribution >= 0.6 is 0 Å². The van der Waals surface area contributed by atoms with E-state index in [-0.39, 0.29) is 36.4 Å². The van der Waals surface area contributed by atoms with E-state index >= 15 is 0 Å². The molecule has 0 bridgehead atoms. The first-order chi connectivity index (χ1) is 14.2. The minimum Gasteiger partial charge on any atom is -0.466 e. The molecule has 0 atom stereocenters. The second kappa shape index (κ2) is 7.54. The molecule has 2 aromatic rings. The number of alkyl halides is 3. The van der Waals surface area contributed by atoms with Crippen molar-refractivity contribution < 1.29 is 31.9 Å². The number of rotatable bonds is 6. The van der Waals surface area contributed by atoms with E-state index in [2.05, 4.69) is 20.0 Å². The van der Waals surface area contributed by atoms with Gasteiger partial charge < -0.3 is 15.0 Å². The summed E-state index contributed by atoms with van der Waals surface area (Å²) in [6.45, 7) is -1.53. The van der Waals surface area contributed by atoms with Crippen molar-refractivity contribution in [2.45, 2.75) is 32.1 Å². The summed E-state index contributed by atoms with van der Waals surface area (Å²) in [6, 6.07) is 2.51. The molecule has 1 N–H and O–H groups in total. The minimum absolute atomic E-state index is 0.0208. The van der Waals surface area contributed by atoms with Gasteiger partial charge in [0, 0.05) is 36.0 Å². The summed E-state index contributed by atoms with van der Waals surface area (Å²) >= 11 is 0. The fourth-order valence-corrected chi connectivity index (χ4v) is 3.11. The number of pyridine rings is 2. The molecular formula is C19H16F4N4O3. The molecule has 2 aliphatic rings. The molecule has 3 heterocycles. The van der Waals surface area contributed by atoms with Crippen molar-refractivity contribution in [3.8, 4) is 5.88 Å².